The van der Waals surface area contributed by atoms with Crippen LogP contribution >= 0.6 is 15.9 Å². The molecular weight excluding hydrogens is 237 g/mol. The van der Waals surface area contributed by atoms with Crippen molar-refractivity contribution in [3.63, 3.8) is 0 Å². The minimum Gasteiger partial charge on any atom is -0.396 e. The van der Waals surface area contributed by atoms with E-state index in [9.17, 15) is 4.39 Å². The Morgan fingerprint density at radius 1 is 1.54 bits per heavy atom. The molecule has 4 heteroatoms. The molecule has 0 saturated carbocycles. The van der Waals surface area contributed by atoms with Crippen LogP contribution in [0.2, 0.25) is 0 Å². The largest absolute Gasteiger partial charge is 0.396 e. The van der Waals surface area contributed by atoms with E-state index in [0.717, 1.165) is 0 Å². The Labute approximate surface area is 84.7 Å². The molecule has 0 aliphatic carbocycles. The van der Waals surface area contributed by atoms with Crippen LogP contribution in [0.25, 0.3) is 0 Å². The molecule has 0 amide bonds. The second-order valence-corrected chi connectivity index (χ2v) is 3.62. The molecule has 0 fully saturated rings. The van der Waals surface area contributed by atoms with Crippen LogP contribution in [0.15, 0.2) is 22.7 Å². The number of aliphatic hydroxyl groups excluding tert-OH is 1. The van der Waals surface area contributed by atoms with Crippen molar-refractivity contribution < 1.29 is 9.50 Å². The number of benzene rings is 1. The van der Waals surface area contributed by atoms with Crippen LogP contribution in [-0.2, 0) is 0 Å². The Bertz CT molecular complexity index is 293. The normalized spacial score (nSPS) is 12.9. The van der Waals surface area contributed by atoms with E-state index in [-0.39, 0.29) is 12.4 Å². The van der Waals surface area contributed by atoms with Crippen molar-refractivity contribution in [2.45, 2.75) is 12.5 Å². The van der Waals surface area contributed by atoms with Crippen LogP contribution in [0.5, 0.6) is 0 Å². The van der Waals surface area contributed by atoms with E-state index in [2.05, 4.69) is 15.9 Å². The van der Waals surface area contributed by atoms with Gasteiger partial charge in [-0.2, -0.15) is 0 Å². The molecule has 0 bridgehead atoms. The fraction of sp³-hybridized carbons (Fsp3) is 0.333. The second kappa shape index (κ2) is 4.69. The summed E-state index contributed by atoms with van der Waals surface area (Å²) < 4.78 is 13.8. The highest BCUT2D eigenvalue weighted by Gasteiger charge is 2.12. The third kappa shape index (κ3) is 2.49. The molecule has 0 saturated heterocycles. The summed E-state index contributed by atoms with van der Waals surface area (Å²) in [5.41, 5.74) is 6.09. The fourth-order valence-electron chi connectivity index (χ4n) is 1.10. The zero-order valence-electron chi connectivity index (χ0n) is 7.00. The average Bonchev–Trinajstić information content (AvgIpc) is 2.10. The first kappa shape index (κ1) is 10.6. The maximum Gasteiger partial charge on any atom is 0.142 e. The van der Waals surface area contributed by atoms with Crippen molar-refractivity contribution in [3.05, 3.63) is 34.1 Å². The van der Waals surface area contributed by atoms with Crippen LogP contribution in [-0.4, -0.2) is 11.7 Å². The average molecular weight is 248 g/mol. The summed E-state index contributed by atoms with van der Waals surface area (Å²) in [6, 6.07) is 4.52. The van der Waals surface area contributed by atoms with Crippen molar-refractivity contribution in [2.24, 2.45) is 5.73 Å². The van der Waals surface area contributed by atoms with E-state index in [1.54, 1.807) is 18.2 Å². The van der Waals surface area contributed by atoms with Gasteiger partial charge in [-0.3, -0.25) is 0 Å². The lowest BCUT2D eigenvalue weighted by atomic mass is 10.0. The molecule has 1 rings (SSSR count). The van der Waals surface area contributed by atoms with Crippen molar-refractivity contribution in [3.8, 4) is 0 Å². The maximum absolute atomic E-state index is 13.4. The smallest absolute Gasteiger partial charge is 0.142 e. The molecule has 1 atom stereocenters. The van der Waals surface area contributed by atoms with Gasteiger partial charge in [0, 0.05) is 18.2 Å². The zero-order valence-corrected chi connectivity index (χ0v) is 8.59. The molecule has 0 radical (unpaired) electrons. The van der Waals surface area contributed by atoms with Crippen molar-refractivity contribution in [1.82, 2.24) is 0 Å². The molecule has 2 nitrogen and oxygen atoms in total. The van der Waals surface area contributed by atoms with Crippen LogP contribution < -0.4 is 5.73 Å². The quantitative estimate of drug-likeness (QED) is 0.858. The van der Waals surface area contributed by atoms with Gasteiger partial charge >= 0.3 is 0 Å². The van der Waals surface area contributed by atoms with Gasteiger partial charge in [-0.15, -0.1) is 0 Å². The molecule has 0 heterocycles. The van der Waals surface area contributed by atoms with Crippen LogP contribution in [0, 0.1) is 5.82 Å². The highest BCUT2D eigenvalue weighted by molar-refractivity contribution is 9.10. The molecule has 1 aromatic rings. The highest BCUT2D eigenvalue weighted by atomic mass is 79.9. The molecule has 3 N–H and O–H groups in total. The summed E-state index contributed by atoms with van der Waals surface area (Å²) in [4.78, 5) is 0. The summed E-state index contributed by atoms with van der Waals surface area (Å²) in [6.07, 6.45) is 0.368. The third-order valence-corrected chi connectivity index (χ3v) is 2.43. The first-order valence-electron chi connectivity index (χ1n) is 3.97. The first-order valence-corrected chi connectivity index (χ1v) is 4.76. The van der Waals surface area contributed by atoms with Crippen molar-refractivity contribution >= 4 is 15.9 Å². The van der Waals surface area contributed by atoms with E-state index in [1.165, 1.54) is 0 Å². The van der Waals surface area contributed by atoms with Gasteiger partial charge in [-0.05, 0) is 28.4 Å². The monoisotopic (exact) mass is 247 g/mol. The Hall–Kier alpha value is -0.450. The van der Waals surface area contributed by atoms with Gasteiger partial charge in [0.25, 0.3) is 0 Å². The van der Waals surface area contributed by atoms with Gasteiger partial charge in [0.05, 0.1) is 4.47 Å². The molecule has 1 aromatic carbocycles. The summed E-state index contributed by atoms with van der Waals surface area (Å²) in [6.45, 7) is -0.0346. The molecule has 72 valence electrons. The van der Waals surface area contributed by atoms with E-state index in [4.69, 9.17) is 10.8 Å². The molecule has 13 heavy (non-hydrogen) atoms. The topological polar surface area (TPSA) is 46.2 Å². The van der Waals surface area contributed by atoms with Crippen molar-refractivity contribution in [1.29, 1.82) is 0 Å². The lowest BCUT2D eigenvalue weighted by molar-refractivity contribution is 0.275. The Balaban J connectivity index is 2.93. The summed E-state index contributed by atoms with van der Waals surface area (Å²) in [5, 5.41) is 8.64. The van der Waals surface area contributed by atoms with E-state index in [0.29, 0.717) is 16.5 Å². The number of aliphatic hydroxyl groups is 1. The number of rotatable bonds is 3. The standard InChI is InChI=1S/C9H11BrFNO/c10-7-3-1-2-6(9(7)11)8(12)4-5-13/h1-3,8,13H,4-5,12H2. The van der Waals surface area contributed by atoms with Crippen LogP contribution in [0.3, 0.4) is 0 Å². The Morgan fingerprint density at radius 2 is 2.23 bits per heavy atom. The van der Waals surface area contributed by atoms with E-state index >= 15 is 0 Å². The SMILES string of the molecule is NC(CCO)c1cccc(Br)c1F. The minimum atomic E-state index is -0.442. The van der Waals surface area contributed by atoms with Gasteiger partial charge < -0.3 is 10.8 Å². The third-order valence-electron chi connectivity index (χ3n) is 1.82. The van der Waals surface area contributed by atoms with Gasteiger partial charge in [0.2, 0.25) is 0 Å². The molecule has 0 spiro atoms. The van der Waals surface area contributed by atoms with E-state index in [1.807, 2.05) is 0 Å². The Morgan fingerprint density at radius 3 is 2.85 bits per heavy atom. The zero-order chi connectivity index (χ0) is 9.84. The number of hydrogen-bond acceptors (Lipinski definition) is 2. The summed E-state index contributed by atoms with van der Waals surface area (Å²) >= 11 is 3.07. The first-order chi connectivity index (χ1) is 6.16. The van der Waals surface area contributed by atoms with Crippen LogP contribution in [0.1, 0.15) is 18.0 Å². The number of halogens is 2. The van der Waals surface area contributed by atoms with Gasteiger partial charge in [0.1, 0.15) is 5.82 Å². The maximum atomic E-state index is 13.4. The molecule has 0 aliphatic rings. The minimum absolute atomic E-state index is 0.0346. The molecule has 0 aromatic heterocycles. The van der Waals surface area contributed by atoms with Crippen LogP contribution in [0.4, 0.5) is 4.39 Å². The Kier molecular flexibility index (Phi) is 3.84. The van der Waals surface area contributed by atoms with Crippen molar-refractivity contribution in [2.75, 3.05) is 6.61 Å². The predicted octanol–water partition coefficient (Wildman–Crippen LogP) is 1.97. The fourth-order valence-corrected chi connectivity index (χ4v) is 1.48. The lowest BCUT2D eigenvalue weighted by Crippen LogP contribution is -2.13. The number of hydrogen-bond donors (Lipinski definition) is 2. The molecule has 1 unspecified atom stereocenters. The lowest BCUT2D eigenvalue weighted by Gasteiger charge is -2.11. The van der Waals surface area contributed by atoms with Gasteiger partial charge in [-0.1, -0.05) is 12.1 Å². The predicted molar refractivity (Wildman–Crippen MR) is 52.7 cm³/mol. The van der Waals surface area contributed by atoms with E-state index < -0.39 is 6.04 Å². The molecule has 0 aliphatic heterocycles. The number of nitrogens with two attached hydrogens (primary N) is 1. The second-order valence-electron chi connectivity index (χ2n) is 2.76. The summed E-state index contributed by atoms with van der Waals surface area (Å²) in [7, 11) is 0. The van der Waals surface area contributed by atoms with Gasteiger partial charge in [0.15, 0.2) is 0 Å². The summed E-state index contributed by atoms with van der Waals surface area (Å²) in [5.74, 6) is -0.344. The highest BCUT2D eigenvalue weighted by Crippen LogP contribution is 2.23. The van der Waals surface area contributed by atoms with Gasteiger partial charge in [-0.25, -0.2) is 4.39 Å². The molecular formula is C9H11BrFNO.